The molecule has 0 spiro atoms. The second-order valence-electron chi connectivity index (χ2n) is 7.21. The van der Waals surface area contributed by atoms with E-state index < -0.39 is 30.2 Å². The molecule has 4 rings (SSSR count). The van der Waals surface area contributed by atoms with Gasteiger partial charge in [-0.25, -0.2) is 14.6 Å². The number of carbonyl (C=O) groups is 2. The van der Waals surface area contributed by atoms with Crippen LogP contribution in [-0.4, -0.2) is 38.2 Å². The van der Waals surface area contributed by atoms with Gasteiger partial charge in [-0.2, -0.15) is 18.3 Å². The van der Waals surface area contributed by atoms with Crippen LogP contribution in [0.2, 0.25) is 0 Å². The number of rotatable bonds is 8. The van der Waals surface area contributed by atoms with Crippen LogP contribution in [0.5, 0.6) is 0 Å². The molecule has 176 valence electrons. The van der Waals surface area contributed by atoms with E-state index >= 15 is 0 Å². The normalized spacial score (nSPS) is 11.5. The molecule has 0 aliphatic rings. The Hall–Kier alpha value is -3.80. The lowest BCUT2D eigenvalue weighted by Crippen LogP contribution is -2.22. The maximum Gasteiger partial charge on any atom is 0.416 e. The van der Waals surface area contributed by atoms with E-state index in [9.17, 15) is 22.8 Å². The van der Waals surface area contributed by atoms with Gasteiger partial charge in [-0.15, -0.1) is 11.3 Å². The summed E-state index contributed by atoms with van der Waals surface area (Å²) in [6, 6.07) is 10.6. The Kier molecular flexibility index (Phi) is 6.87. The smallest absolute Gasteiger partial charge is 0.416 e. The van der Waals surface area contributed by atoms with Crippen molar-refractivity contribution in [1.29, 1.82) is 0 Å². The molecule has 34 heavy (non-hydrogen) atoms. The van der Waals surface area contributed by atoms with Crippen molar-refractivity contribution in [1.82, 2.24) is 19.7 Å². The Morgan fingerprint density at radius 3 is 2.71 bits per heavy atom. The first kappa shape index (κ1) is 23.4. The molecule has 0 aliphatic carbocycles. The fourth-order valence-corrected chi connectivity index (χ4v) is 4.17. The summed E-state index contributed by atoms with van der Waals surface area (Å²) in [5.41, 5.74) is -0.00155. The van der Waals surface area contributed by atoms with Gasteiger partial charge in [0.2, 0.25) is 0 Å². The molecule has 0 fully saturated rings. The lowest BCUT2D eigenvalue weighted by molar-refractivity contribution is -0.147. The Labute approximate surface area is 195 Å². The van der Waals surface area contributed by atoms with Gasteiger partial charge in [-0.3, -0.25) is 9.59 Å². The minimum absolute atomic E-state index is 0.0803. The van der Waals surface area contributed by atoms with Crippen LogP contribution in [0.1, 0.15) is 23.4 Å². The molecular weight excluding hydrogens is 471 g/mol. The van der Waals surface area contributed by atoms with Crippen LogP contribution in [-0.2, 0) is 26.9 Å². The van der Waals surface area contributed by atoms with E-state index in [1.54, 1.807) is 11.3 Å². The third-order valence-electron chi connectivity index (χ3n) is 4.74. The summed E-state index contributed by atoms with van der Waals surface area (Å²) in [4.78, 5) is 32.5. The zero-order valence-electron chi connectivity index (χ0n) is 17.6. The SMILES string of the molecule is O=C(COC(=O)CCCc1nc2ccccc2s1)Nc1cc(C(F)(F)F)ccc1-n1cncn1. The van der Waals surface area contributed by atoms with Crippen LogP contribution < -0.4 is 5.32 Å². The van der Waals surface area contributed by atoms with Crippen LogP contribution in [0.3, 0.4) is 0 Å². The van der Waals surface area contributed by atoms with Crippen LogP contribution in [0, 0.1) is 0 Å². The number of nitrogens with one attached hydrogen (secondary N) is 1. The van der Waals surface area contributed by atoms with E-state index in [-0.39, 0.29) is 17.8 Å². The third kappa shape index (κ3) is 5.76. The average molecular weight is 489 g/mol. The molecule has 0 saturated heterocycles. The number of alkyl halides is 3. The van der Waals surface area contributed by atoms with Crippen molar-refractivity contribution in [2.75, 3.05) is 11.9 Å². The molecule has 0 saturated carbocycles. The highest BCUT2D eigenvalue weighted by molar-refractivity contribution is 7.18. The Bertz CT molecular complexity index is 1270. The number of esters is 1. The lowest BCUT2D eigenvalue weighted by atomic mass is 10.1. The standard InChI is InChI=1S/C22H18F3N5O3S/c23-22(24,25)14-8-9-17(30-13-26-12-27-30)16(10-14)28-19(31)11-33-21(32)7-3-6-20-29-15-4-1-2-5-18(15)34-20/h1-2,4-5,8-10,12-13H,3,6-7,11H2,(H,28,31). The fourth-order valence-electron chi connectivity index (χ4n) is 3.16. The van der Waals surface area contributed by atoms with E-state index in [0.717, 1.165) is 27.4 Å². The van der Waals surface area contributed by atoms with Crippen molar-refractivity contribution >= 4 is 39.1 Å². The maximum absolute atomic E-state index is 13.1. The Morgan fingerprint density at radius 1 is 1.15 bits per heavy atom. The van der Waals surface area contributed by atoms with Gasteiger partial charge in [0.15, 0.2) is 6.61 Å². The van der Waals surface area contributed by atoms with Gasteiger partial charge in [-0.05, 0) is 43.2 Å². The number of carbonyl (C=O) groups excluding carboxylic acids is 2. The van der Waals surface area contributed by atoms with Crippen LogP contribution in [0.25, 0.3) is 15.9 Å². The summed E-state index contributed by atoms with van der Waals surface area (Å²) in [6.45, 7) is -0.632. The number of halogens is 3. The molecule has 0 atom stereocenters. The van der Waals surface area contributed by atoms with Gasteiger partial charge in [0.1, 0.15) is 12.7 Å². The number of anilines is 1. The van der Waals surface area contributed by atoms with Crippen molar-refractivity contribution < 1.29 is 27.5 Å². The van der Waals surface area contributed by atoms with E-state index in [2.05, 4.69) is 20.4 Å². The van der Waals surface area contributed by atoms with Gasteiger partial charge in [0.25, 0.3) is 5.91 Å². The zero-order chi connectivity index (χ0) is 24.1. The summed E-state index contributed by atoms with van der Waals surface area (Å²) in [7, 11) is 0. The van der Waals surface area contributed by atoms with Crippen molar-refractivity contribution in [2.24, 2.45) is 0 Å². The maximum atomic E-state index is 13.1. The van der Waals surface area contributed by atoms with Crippen molar-refractivity contribution in [3.05, 3.63) is 65.7 Å². The quantitative estimate of drug-likeness (QED) is 0.369. The number of fused-ring (bicyclic) bond motifs is 1. The van der Waals surface area contributed by atoms with E-state index in [4.69, 9.17) is 4.74 Å². The van der Waals surface area contributed by atoms with Gasteiger partial charge in [0.05, 0.1) is 32.2 Å². The number of thiazole rings is 1. The predicted molar refractivity (Wildman–Crippen MR) is 119 cm³/mol. The van der Waals surface area contributed by atoms with Gasteiger partial charge < -0.3 is 10.1 Å². The molecule has 2 aromatic carbocycles. The second kappa shape index (κ2) is 10.00. The third-order valence-corrected chi connectivity index (χ3v) is 5.83. The highest BCUT2D eigenvalue weighted by atomic mass is 32.1. The van der Waals surface area contributed by atoms with Crippen molar-refractivity contribution in [3.63, 3.8) is 0 Å². The van der Waals surface area contributed by atoms with Crippen molar-refractivity contribution in [2.45, 2.75) is 25.4 Å². The summed E-state index contributed by atoms with van der Waals surface area (Å²) >= 11 is 1.55. The number of amides is 1. The molecule has 0 bridgehead atoms. The molecule has 0 unspecified atom stereocenters. The van der Waals surface area contributed by atoms with E-state index in [1.165, 1.54) is 23.4 Å². The van der Waals surface area contributed by atoms with Gasteiger partial charge >= 0.3 is 12.1 Å². The highest BCUT2D eigenvalue weighted by Gasteiger charge is 2.31. The molecule has 0 radical (unpaired) electrons. The first-order chi connectivity index (χ1) is 16.3. The Morgan fingerprint density at radius 2 is 1.97 bits per heavy atom. The van der Waals surface area contributed by atoms with Crippen LogP contribution >= 0.6 is 11.3 Å². The minimum Gasteiger partial charge on any atom is -0.456 e. The number of benzene rings is 2. The minimum atomic E-state index is -4.60. The molecule has 8 nitrogen and oxygen atoms in total. The topological polar surface area (TPSA) is 99.0 Å². The Balaban J connectivity index is 1.31. The predicted octanol–water partition coefficient (Wildman–Crippen LogP) is 4.40. The largest absolute Gasteiger partial charge is 0.456 e. The molecule has 1 N–H and O–H groups in total. The second-order valence-corrected chi connectivity index (χ2v) is 8.32. The first-order valence-corrected chi connectivity index (χ1v) is 11.0. The summed E-state index contributed by atoms with van der Waals surface area (Å²) in [5, 5.41) is 7.13. The first-order valence-electron chi connectivity index (χ1n) is 10.2. The van der Waals surface area contributed by atoms with Gasteiger partial charge in [-0.1, -0.05) is 12.1 Å². The molecule has 1 amide bonds. The number of aryl methyl sites for hydroxylation is 1. The molecular formula is C22H18F3N5O3S. The van der Waals surface area contributed by atoms with E-state index in [0.29, 0.717) is 12.8 Å². The van der Waals surface area contributed by atoms with E-state index in [1.807, 2.05) is 24.3 Å². The number of aromatic nitrogens is 4. The summed E-state index contributed by atoms with van der Waals surface area (Å²) < 4.78 is 46.6. The number of hydrogen-bond donors (Lipinski definition) is 1. The van der Waals surface area contributed by atoms with Gasteiger partial charge in [0, 0.05) is 6.42 Å². The highest BCUT2D eigenvalue weighted by Crippen LogP contribution is 2.33. The van der Waals surface area contributed by atoms with Crippen molar-refractivity contribution in [3.8, 4) is 5.69 Å². The monoisotopic (exact) mass is 489 g/mol. The lowest BCUT2D eigenvalue weighted by Gasteiger charge is -2.14. The molecule has 0 aliphatic heterocycles. The number of nitrogens with zero attached hydrogens (tertiary/aromatic N) is 4. The van der Waals surface area contributed by atoms with Crippen LogP contribution in [0.15, 0.2) is 55.1 Å². The number of ether oxygens (including phenoxy) is 1. The fraction of sp³-hybridized carbons (Fsp3) is 0.227. The van der Waals surface area contributed by atoms with Crippen LogP contribution in [0.4, 0.5) is 18.9 Å². The average Bonchev–Trinajstić information content (AvgIpc) is 3.47. The molecule has 2 aromatic heterocycles. The zero-order valence-corrected chi connectivity index (χ0v) is 18.4. The molecule has 2 heterocycles. The molecule has 4 aromatic rings. The summed E-state index contributed by atoms with van der Waals surface area (Å²) in [5.74, 6) is -1.36. The molecule has 12 heteroatoms. The number of hydrogen-bond acceptors (Lipinski definition) is 7. The number of para-hydroxylation sites is 1. The summed E-state index contributed by atoms with van der Waals surface area (Å²) in [6.07, 6.45) is -0.952.